The first-order valence-corrected chi connectivity index (χ1v) is 11.0. The van der Waals surface area contributed by atoms with Gasteiger partial charge in [-0.05, 0) is 29.4 Å². The molecule has 0 spiro atoms. The number of carbonyl (C=O) groups excluding carboxylic acids is 1. The second kappa shape index (κ2) is 9.22. The lowest BCUT2D eigenvalue weighted by Crippen LogP contribution is -2.34. The smallest absolute Gasteiger partial charge is 0.325 e. The van der Waals surface area contributed by atoms with Gasteiger partial charge in [-0.25, -0.2) is 4.79 Å². The SMILES string of the molecule is O=C(O)CCCC=C1SC=C2[C@@H]1N(Cc1ccccc1)C(=O)N2Cc1ccccc1. The van der Waals surface area contributed by atoms with E-state index in [0.717, 1.165) is 21.7 Å². The maximum Gasteiger partial charge on any atom is 0.325 e. The molecule has 6 heteroatoms. The molecular weight excluding hydrogens is 396 g/mol. The lowest BCUT2D eigenvalue weighted by atomic mass is 10.1. The largest absolute Gasteiger partial charge is 0.481 e. The second-order valence-corrected chi connectivity index (χ2v) is 8.37. The van der Waals surface area contributed by atoms with Crippen molar-refractivity contribution >= 4 is 23.8 Å². The third kappa shape index (κ3) is 4.44. The molecule has 2 heterocycles. The fourth-order valence-corrected chi connectivity index (χ4v) is 4.93. The highest BCUT2D eigenvalue weighted by molar-refractivity contribution is 8.06. The molecule has 2 aliphatic rings. The van der Waals surface area contributed by atoms with Gasteiger partial charge in [-0.1, -0.05) is 78.5 Å². The number of carboxylic acid groups (broad SMARTS) is 1. The molecule has 1 atom stereocenters. The second-order valence-electron chi connectivity index (χ2n) is 7.42. The molecule has 2 aromatic carbocycles. The molecule has 0 saturated carbocycles. The quantitative estimate of drug-likeness (QED) is 0.595. The van der Waals surface area contributed by atoms with Crippen LogP contribution in [0.2, 0.25) is 0 Å². The van der Waals surface area contributed by atoms with Gasteiger partial charge in [-0.3, -0.25) is 9.69 Å². The molecule has 1 fully saturated rings. The number of carbonyl (C=O) groups is 2. The highest BCUT2D eigenvalue weighted by Gasteiger charge is 2.46. The Hall–Kier alpha value is -2.99. The molecule has 2 aliphatic heterocycles. The predicted octanol–water partition coefficient (Wildman–Crippen LogP) is 5.22. The van der Waals surface area contributed by atoms with Crippen molar-refractivity contribution in [2.45, 2.75) is 38.4 Å². The Morgan fingerprint density at radius 2 is 1.63 bits per heavy atom. The molecule has 1 N–H and O–H groups in total. The molecule has 1 saturated heterocycles. The van der Waals surface area contributed by atoms with E-state index in [-0.39, 0.29) is 18.5 Å². The van der Waals surface area contributed by atoms with Crippen LogP contribution in [-0.2, 0) is 17.9 Å². The Kier molecular flexibility index (Phi) is 6.23. The molecule has 0 unspecified atom stereocenters. The topological polar surface area (TPSA) is 60.9 Å². The minimum Gasteiger partial charge on any atom is -0.481 e. The summed E-state index contributed by atoms with van der Waals surface area (Å²) in [5, 5.41) is 10.9. The number of hydrogen-bond acceptors (Lipinski definition) is 3. The molecule has 2 amide bonds. The van der Waals surface area contributed by atoms with Gasteiger partial charge in [0, 0.05) is 17.9 Å². The predicted molar refractivity (Wildman–Crippen MR) is 118 cm³/mol. The van der Waals surface area contributed by atoms with Crippen LogP contribution in [0.3, 0.4) is 0 Å². The number of unbranched alkanes of at least 4 members (excludes halogenated alkanes) is 1. The van der Waals surface area contributed by atoms with Crippen molar-refractivity contribution in [1.29, 1.82) is 0 Å². The summed E-state index contributed by atoms with van der Waals surface area (Å²) in [4.78, 5) is 29.1. The Morgan fingerprint density at radius 1 is 1.00 bits per heavy atom. The fourth-order valence-electron chi connectivity index (χ4n) is 3.82. The summed E-state index contributed by atoms with van der Waals surface area (Å²) in [6, 6.07) is 19.9. The Balaban J connectivity index is 1.58. The van der Waals surface area contributed by atoms with E-state index in [0.29, 0.717) is 25.9 Å². The van der Waals surface area contributed by atoms with E-state index in [1.165, 1.54) is 0 Å². The number of nitrogens with zero attached hydrogens (tertiary/aromatic N) is 2. The number of hydrogen-bond donors (Lipinski definition) is 1. The van der Waals surface area contributed by atoms with E-state index in [9.17, 15) is 9.59 Å². The van der Waals surface area contributed by atoms with Crippen molar-refractivity contribution in [3.63, 3.8) is 0 Å². The van der Waals surface area contributed by atoms with Crippen LogP contribution in [0.15, 0.2) is 82.7 Å². The first-order valence-electron chi connectivity index (χ1n) is 10.1. The number of amides is 2. The highest BCUT2D eigenvalue weighted by Crippen LogP contribution is 2.45. The molecule has 4 rings (SSSR count). The lowest BCUT2D eigenvalue weighted by molar-refractivity contribution is -0.137. The molecule has 0 bridgehead atoms. The number of rotatable bonds is 8. The van der Waals surface area contributed by atoms with Crippen LogP contribution in [-0.4, -0.2) is 32.9 Å². The van der Waals surface area contributed by atoms with Crippen LogP contribution in [0.25, 0.3) is 0 Å². The fraction of sp³-hybridized carbons (Fsp3) is 0.250. The summed E-state index contributed by atoms with van der Waals surface area (Å²) in [5.74, 6) is -0.776. The van der Waals surface area contributed by atoms with Gasteiger partial charge in [0.1, 0.15) is 6.04 Å². The summed E-state index contributed by atoms with van der Waals surface area (Å²) in [6.07, 6.45) is 3.55. The number of benzene rings is 2. The maximum absolute atomic E-state index is 13.4. The Bertz CT molecular complexity index is 972. The number of carboxylic acids is 1. The molecule has 0 aliphatic carbocycles. The third-order valence-electron chi connectivity index (χ3n) is 5.28. The zero-order valence-corrected chi connectivity index (χ0v) is 17.4. The van der Waals surface area contributed by atoms with E-state index < -0.39 is 5.97 Å². The Morgan fingerprint density at radius 3 is 2.27 bits per heavy atom. The molecule has 154 valence electrons. The van der Waals surface area contributed by atoms with Gasteiger partial charge in [0.25, 0.3) is 0 Å². The van der Waals surface area contributed by atoms with Gasteiger partial charge in [0.2, 0.25) is 0 Å². The van der Waals surface area contributed by atoms with Gasteiger partial charge in [0.15, 0.2) is 0 Å². The average Bonchev–Trinajstić information content (AvgIpc) is 3.27. The monoisotopic (exact) mass is 420 g/mol. The Labute approximate surface area is 180 Å². The van der Waals surface area contributed by atoms with Crippen LogP contribution in [0.5, 0.6) is 0 Å². The first-order chi connectivity index (χ1) is 14.6. The van der Waals surface area contributed by atoms with E-state index in [2.05, 4.69) is 11.5 Å². The van der Waals surface area contributed by atoms with Gasteiger partial charge < -0.3 is 10.0 Å². The van der Waals surface area contributed by atoms with Crippen LogP contribution in [0, 0.1) is 0 Å². The van der Waals surface area contributed by atoms with Gasteiger partial charge in [-0.15, -0.1) is 0 Å². The van der Waals surface area contributed by atoms with Gasteiger partial charge in [0.05, 0.1) is 12.2 Å². The van der Waals surface area contributed by atoms with Crippen LogP contribution in [0.1, 0.15) is 30.4 Å². The number of aliphatic carboxylic acids is 1. The lowest BCUT2D eigenvalue weighted by Gasteiger charge is -2.23. The summed E-state index contributed by atoms with van der Waals surface area (Å²) < 4.78 is 0. The number of fused-ring (bicyclic) bond motifs is 1. The van der Waals surface area contributed by atoms with E-state index in [4.69, 9.17) is 5.11 Å². The molecule has 5 nitrogen and oxygen atoms in total. The van der Waals surface area contributed by atoms with E-state index >= 15 is 0 Å². The highest BCUT2D eigenvalue weighted by atomic mass is 32.2. The van der Waals surface area contributed by atoms with Crippen molar-refractivity contribution in [1.82, 2.24) is 9.80 Å². The molecule has 0 radical (unpaired) electrons. The maximum atomic E-state index is 13.4. The minimum absolute atomic E-state index is 0.00990. The van der Waals surface area contributed by atoms with Crippen molar-refractivity contribution in [2.75, 3.05) is 0 Å². The van der Waals surface area contributed by atoms with E-state index in [1.807, 2.05) is 70.5 Å². The zero-order valence-electron chi connectivity index (χ0n) is 16.6. The first kappa shape index (κ1) is 20.3. The van der Waals surface area contributed by atoms with Crippen molar-refractivity contribution < 1.29 is 14.7 Å². The van der Waals surface area contributed by atoms with Crippen molar-refractivity contribution in [2.24, 2.45) is 0 Å². The molecule has 30 heavy (non-hydrogen) atoms. The number of allylic oxidation sites excluding steroid dienone is 1. The van der Waals surface area contributed by atoms with Crippen LogP contribution >= 0.6 is 11.8 Å². The van der Waals surface area contributed by atoms with Crippen LogP contribution in [0.4, 0.5) is 4.79 Å². The van der Waals surface area contributed by atoms with Crippen molar-refractivity contribution in [3.8, 4) is 0 Å². The van der Waals surface area contributed by atoms with Gasteiger partial charge >= 0.3 is 12.0 Å². The number of urea groups is 1. The number of thioether (sulfide) groups is 1. The zero-order chi connectivity index (χ0) is 20.9. The summed E-state index contributed by atoms with van der Waals surface area (Å²) in [6.45, 7) is 1.08. The summed E-state index contributed by atoms with van der Waals surface area (Å²) in [5.41, 5.74) is 3.19. The summed E-state index contributed by atoms with van der Waals surface area (Å²) >= 11 is 1.64. The molecule has 2 aromatic rings. The van der Waals surface area contributed by atoms with Gasteiger partial charge in [-0.2, -0.15) is 0 Å². The third-order valence-corrected chi connectivity index (χ3v) is 6.31. The minimum atomic E-state index is -0.776. The normalized spacial score (nSPS) is 19.3. The standard InChI is InChI=1S/C24H24N2O3S/c27-22(28)14-8-7-13-21-23-20(17-30-21)25(15-18-9-3-1-4-10-18)24(29)26(23)16-19-11-5-2-6-12-19/h1-6,9-13,17,23H,7-8,14-16H2,(H,27,28)/t23-/m0/s1. The molecular formula is C24H24N2O3S. The van der Waals surface area contributed by atoms with Crippen LogP contribution < -0.4 is 0 Å². The van der Waals surface area contributed by atoms with Crippen molar-refractivity contribution in [3.05, 3.63) is 93.9 Å². The molecule has 0 aromatic heterocycles. The average molecular weight is 421 g/mol. The summed E-state index contributed by atoms with van der Waals surface area (Å²) in [7, 11) is 0. The van der Waals surface area contributed by atoms with E-state index in [1.54, 1.807) is 11.8 Å².